The van der Waals surface area contributed by atoms with Crippen LogP contribution in [0.1, 0.15) is 42.6 Å². The largest absolute Gasteiger partial charge is 0.465 e. The van der Waals surface area contributed by atoms with Crippen LogP contribution in [0.15, 0.2) is 24.3 Å². The molecule has 17 heavy (non-hydrogen) atoms. The van der Waals surface area contributed by atoms with Gasteiger partial charge < -0.3 is 10.5 Å². The molecule has 1 fully saturated rings. The second-order valence-corrected chi connectivity index (χ2v) is 5.34. The predicted octanol–water partition coefficient (Wildman–Crippen LogP) is 2.24. The molecule has 2 N–H and O–H groups in total. The van der Waals surface area contributed by atoms with E-state index in [1.165, 1.54) is 7.11 Å². The van der Waals surface area contributed by atoms with Crippen molar-refractivity contribution in [2.45, 2.75) is 37.6 Å². The lowest BCUT2D eigenvalue weighted by molar-refractivity contribution is 0.0598. The van der Waals surface area contributed by atoms with E-state index in [1.807, 2.05) is 38.1 Å². The maximum absolute atomic E-state index is 11.8. The Hall–Kier alpha value is -1.35. The Kier molecular flexibility index (Phi) is 2.74. The van der Waals surface area contributed by atoms with E-state index in [1.54, 1.807) is 0 Å². The molecule has 0 aromatic heterocycles. The number of carbonyl (C=O) groups is 1. The molecule has 1 aromatic rings. The summed E-state index contributed by atoms with van der Waals surface area (Å²) in [5.74, 6) is -0.281. The topological polar surface area (TPSA) is 52.3 Å². The summed E-state index contributed by atoms with van der Waals surface area (Å²) in [7, 11) is 1.41. The highest BCUT2D eigenvalue weighted by Crippen LogP contribution is 2.55. The van der Waals surface area contributed by atoms with E-state index in [-0.39, 0.29) is 16.9 Å². The smallest absolute Gasteiger partial charge is 0.338 e. The molecule has 0 atom stereocenters. The second kappa shape index (κ2) is 3.84. The monoisotopic (exact) mass is 233 g/mol. The molecule has 1 aliphatic carbocycles. The van der Waals surface area contributed by atoms with Crippen LogP contribution in [0, 0.1) is 0 Å². The van der Waals surface area contributed by atoms with Gasteiger partial charge in [0, 0.05) is 11.0 Å². The quantitative estimate of drug-likeness (QED) is 0.815. The van der Waals surface area contributed by atoms with Gasteiger partial charge in [0.25, 0.3) is 0 Å². The number of esters is 1. The van der Waals surface area contributed by atoms with E-state index in [9.17, 15) is 4.79 Å². The van der Waals surface area contributed by atoms with Crippen molar-refractivity contribution >= 4 is 5.97 Å². The summed E-state index contributed by atoms with van der Waals surface area (Å²) < 4.78 is 4.83. The molecule has 2 rings (SSSR count). The normalized spacial score (nSPS) is 17.6. The summed E-state index contributed by atoms with van der Waals surface area (Å²) in [6.45, 7) is 4.04. The third-order valence-corrected chi connectivity index (χ3v) is 3.83. The lowest BCUT2D eigenvalue weighted by Crippen LogP contribution is -2.45. The van der Waals surface area contributed by atoms with Gasteiger partial charge in [-0.25, -0.2) is 4.79 Å². The number of ether oxygens (including phenoxy) is 1. The van der Waals surface area contributed by atoms with Crippen molar-refractivity contribution in [1.29, 1.82) is 0 Å². The van der Waals surface area contributed by atoms with Crippen LogP contribution < -0.4 is 5.73 Å². The molecule has 0 unspecified atom stereocenters. The molecule has 3 nitrogen and oxygen atoms in total. The highest BCUT2D eigenvalue weighted by Gasteiger charge is 2.55. The Bertz CT molecular complexity index is 442. The Morgan fingerprint density at radius 1 is 1.35 bits per heavy atom. The summed E-state index contributed by atoms with van der Waals surface area (Å²) in [6.07, 6.45) is 2.06. The Balaban J connectivity index is 2.50. The number of carbonyl (C=O) groups excluding carboxylic acids is 1. The first kappa shape index (κ1) is 12.1. The zero-order valence-electron chi connectivity index (χ0n) is 10.6. The molecule has 0 heterocycles. The number of hydrogen-bond acceptors (Lipinski definition) is 3. The number of benzene rings is 1. The van der Waals surface area contributed by atoms with Gasteiger partial charge in [-0.3, -0.25) is 0 Å². The Labute approximate surface area is 102 Å². The number of methoxy groups -OCH3 is 1. The third kappa shape index (κ3) is 1.84. The lowest BCUT2D eigenvalue weighted by Gasteiger charge is -2.32. The van der Waals surface area contributed by atoms with Crippen molar-refractivity contribution < 1.29 is 9.53 Å². The van der Waals surface area contributed by atoms with Crippen molar-refractivity contribution in [1.82, 2.24) is 0 Å². The molecule has 1 saturated carbocycles. The van der Waals surface area contributed by atoms with Crippen LogP contribution >= 0.6 is 0 Å². The van der Waals surface area contributed by atoms with E-state index in [0.717, 1.165) is 18.4 Å². The minimum atomic E-state index is -0.322. The third-order valence-electron chi connectivity index (χ3n) is 3.83. The Morgan fingerprint density at radius 2 is 1.94 bits per heavy atom. The van der Waals surface area contributed by atoms with Gasteiger partial charge in [0.05, 0.1) is 12.7 Å². The zero-order chi connectivity index (χ0) is 12.7. The average Bonchev–Trinajstić information content (AvgIpc) is 3.08. The van der Waals surface area contributed by atoms with Gasteiger partial charge >= 0.3 is 5.97 Å². The fourth-order valence-corrected chi connectivity index (χ4v) is 2.57. The standard InChI is InChI=1S/C14H19NO2/c1-13(2,15)14(8-9-14)11-7-5-4-6-10(11)12(16)17-3/h4-7H,8-9,15H2,1-3H3. The summed E-state index contributed by atoms with van der Waals surface area (Å²) >= 11 is 0. The first-order valence-corrected chi connectivity index (χ1v) is 5.89. The summed E-state index contributed by atoms with van der Waals surface area (Å²) in [6, 6.07) is 7.61. The van der Waals surface area contributed by atoms with Gasteiger partial charge in [-0.15, -0.1) is 0 Å². The van der Waals surface area contributed by atoms with Crippen LogP contribution in [0.5, 0.6) is 0 Å². The lowest BCUT2D eigenvalue weighted by atomic mass is 9.77. The van der Waals surface area contributed by atoms with E-state index in [0.29, 0.717) is 5.56 Å². The fourth-order valence-electron chi connectivity index (χ4n) is 2.57. The SMILES string of the molecule is COC(=O)c1ccccc1C1(C(C)(C)N)CC1. The highest BCUT2D eigenvalue weighted by atomic mass is 16.5. The van der Waals surface area contributed by atoms with E-state index in [4.69, 9.17) is 10.5 Å². The van der Waals surface area contributed by atoms with Crippen molar-refractivity contribution in [3.8, 4) is 0 Å². The van der Waals surface area contributed by atoms with E-state index >= 15 is 0 Å². The van der Waals surface area contributed by atoms with Crippen LogP contribution in [0.2, 0.25) is 0 Å². The van der Waals surface area contributed by atoms with Crippen LogP contribution in [-0.4, -0.2) is 18.6 Å². The molecule has 0 saturated heterocycles. The highest BCUT2D eigenvalue weighted by molar-refractivity contribution is 5.91. The molecule has 92 valence electrons. The fraction of sp³-hybridized carbons (Fsp3) is 0.500. The zero-order valence-corrected chi connectivity index (χ0v) is 10.6. The van der Waals surface area contributed by atoms with Gasteiger partial charge in [0.1, 0.15) is 0 Å². The minimum absolute atomic E-state index is 0.0716. The maximum Gasteiger partial charge on any atom is 0.338 e. The van der Waals surface area contributed by atoms with Crippen LogP contribution in [0.4, 0.5) is 0 Å². The molecule has 0 amide bonds. The first-order chi connectivity index (χ1) is 7.92. The van der Waals surface area contributed by atoms with Gasteiger partial charge in [-0.05, 0) is 38.3 Å². The number of nitrogens with two attached hydrogens (primary N) is 1. The minimum Gasteiger partial charge on any atom is -0.465 e. The summed E-state index contributed by atoms with van der Waals surface area (Å²) in [5.41, 5.74) is 7.54. The number of rotatable bonds is 3. The number of hydrogen-bond donors (Lipinski definition) is 1. The van der Waals surface area contributed by atoms with Gasteiger partial charge in [0.2, 0.25) is 0 Å². The van der Waals surface area contributed by atoms with Gasteiger partial charge in [-0.1, -0.05) is 18.2 Å². The first-order valence-electron chi connectivity index (χ1n) is 5.89. The van der Waals surface area contributed by atoms with Crippen molar-refractivity contribution in [3.05, 3.63) is 35.4 Å². The van der Waals surface area contributed by atoms with E-state index in [2.05, 4.69) is 0 Å². The molecule has 0 radical (unpaired) electrons. The molecule has 0 spiro atoms. The van der Waals surface area contributed by atoms with Crippen LogP contribution in [0.25, 0.3) is 0 Å². The molecule has 1 aliphatic rings. The second-order valence-electron chi connectivity index (χ2n) is 5.34. The van der Waals surface area contributed by atoms with Gasteiger partial charge in [0.15, 0.2) is 0 Å². The van der Waals surface area contributed by atoms with Crippen molar-refractivity contribution in [3.63, 3.8) is 0 Å². The molecule has 3 heteroatoms. The molecular weight excluding hydrogens is 214 g/mol. The van der Waals surface area contributed by atoms with E-state index < -0.39 is 0 Å². The maximum atomic E-state index is 11.8. The van der Waals surface area contributed by atoms with Crippen LogP contribution in [0.3, 0.4) is 0 Å². The average molecular weight is 233 g/mol. The Morgan fingerprint density at radius 3 is 2.41 bits per heavy atom. The van der Waals surface area contributed by atoms with Crippen molar-refractivity contribution in [2.24, 2.45) is 5.73 Å². The predicted molar refractivity (Wildman–Crippen MR) is 67.0 cm³/mol. The molecular formula is C14H19NO2. The summed E-state index contributed by atoms with van der Waals surface area (Å²) in [4.78, 5) is 11.8. The van der Waals surface area contributed by atoms with Gasteiger partial charge in [-0.2, -0.15) is 0 Å². The van der Waals surface area contributed by atoms with Crippen molar-refractivity contribution in [2.75, 3.05) is 7.11 Å². The molecule has 0 aliphatic heterocycles. The molecule has 1 aromatic carbocycles. The molecule has 0 bridgehead atoms. The summed E-state index contributed by atoms with van der Waals surface area (Å²) in [5, 5.41) is 0. The van der Waals surface area contributed by atoms with Crippen LogP contribution in [-0.2, 0) is 10.2 Å².